The van der Waals surface area contributed by atoms with Crippen LogP contribution in [0.1, 0.15) is 25.7 Å². The molecule has 0 unspecified atom stereocenters. The molecule has 1 aliphatic rings. The monoisotopic (exact) mass is 250 g/mol. The molecule has 0 aliphatic carbocycles. The van der Waals surface area contributed by atoms with E-state index < -0.39 is 0 Å². The number of carbonyl (C=O) groups excluding carboxylic acids is 1. The molecule has 1 aromatic carbocycles. The number of nitrogens with one attached hydrogen (secondary N) is 1. The highest BCUT2D eigenvalue weighted by Crippen LogP contribution is 2.11. The Hall–Kier alpha value is -1.42. The highest BCUT2D eigenvalue weighted by Gasteiger charge is 2.12. The molecular weight excluding hydrogens is 231 g/mol. The van der Waals surface area contributed by atoms with Crippen LogP contribution in [0.25, 0.3) is 0 Å². The minimum atomic E-state index is -0.291. The first-order chi connectivity index (χ1) is 8.74. The van der Waals surface area contributed by atoms with Crippen molar-refractivity contribution in [2.75, 3.05) is 25.0 Å². The number of halogens is 1. The van der Waals surface area contributed by atoms with Crippen molar-refractivity contribution in [1.29, 1.82) is 0 Å². The van der Waals surface area contributed by atoms with Gasteiger partial charge in [-0.25, -0.2) is 4.39 Å². The fourth-order valence-electron chi connectivity index (χ4n) is 2.23. The Morgan fingerprint density at radius 2 is 1.72 bits per heavy atom. The second-order valence-electron chi connectivity index (χ2n) is 4.75. The standard InChI is InChI=1S/C14H19FN2O/c15-12-5-7-13(8-6-12)16-14(18)11-17-9-3-1-2-4-10-17/h5-8H,1-4,9-11H2,(H,16,18). The lowest BCUT2D eigenvalue weighted by atomic mass is 10.2. The van der Waals surface area contributed by atoms with Gasteiger partial charge in [-0.2, -0.15) is 0 Å². The molecule has 0 saturated carbocycles. The molecule has 1 amide bonds. The van der Waals surface area contributed by atoms with Crippen LogP contribution in [0.3, 0.4) is 0 Å². The second kappa shape index (κ2) is 6.50. The smallest absolute Gasteiger partial charge is 0.238 e. The normalized spacial score (nSPS) is 17.2. The van der Waals surface area contributed by atoms with E-state index >= 15 is 0 Å². The molecular formula is C14H19FN2O. The molecule has 98 valence electrons. The Morgan fingerprint density at radius 1 is 1.11 bits per heavy atom. The molecule has 1 N–H and O–H groups in total. The first-order valence-electron chi connectivity index (χ1n) is 6.52. The Morgan fingerprint density at radius 3 is 2.33 bits per heavy atom. The maximum atomic E-state index is 12.7. The van der Waals surface area contributed by atoms with Crippen LogP contribution in [-0.4, -0.2) is 30.4 Å². The van der Waals surface area contributed by atoms with Gasteiger partial charge < -0.3 is 5.32 Å². The van der Waals surface area contributed by atoms with Crippen LogP contribution >= 0.6 is 0 Å². The SMILES string of the molecule is O=C(CN1CCCCCC1)Nc1ccc(F)cc1. The molecule has 0 bridgehead atoms. The van der Waals surface area contributed by atoms with Gasteiger partial charge in [0, 0.05) is 5.69 Å². The van der Waals surface area contributed by atoms with E-state index in [2.05, 4.69) is 10.2 Å². The first-order valence-corrected chi connectivity index (χ1v) is 6.52. The number of hydrogen-bond acceptors (Lipinski definition) is 2. The fraction of sp³-hybridized carbons (Fsp3) is 0.500. The zero-order chi connectivity index (χ0) is 12.8. The lowest BCUT2D eigenvalue weighted by molar-refractivity contribution is -0.117. The summed E-state index contributed by atoms with van der Waals surface area (Å²) in [6.07, 6.45) is 4.86. The fourth-order valence-corrected chi connectivity index (χ4v) is 2.23. The summed E-state index contributed by atoms with van der Waals surface area (Å²) >= 11 is 0. The van der Waals surface area contributed by atoms with Crippen LogP contribution in [0.2, 0.25) is 0 Å². The van der Waals surface area contributed by atoms with E-state index in [9.17, 15) is 9.18 Å². The van der Waals surface area contributed by atoms with Gasteiger partial charge in [-0.1, -0.05) is 12.8 Å². The number of anilines is 1. The number of amides is 1. The summed E-state index contributed by atoms with van der Waals surface area (Å²) in [4.78, 5) is 14.0. The van der Waals surface area contributed by atoms with E-state index in [0.29, 0.717) is 12.2 Å². The van der Waals surface area contributed by atoms with Crippen molar-refractivity contribution in [3.05, 3.63) is 30.1 Å². The lowest BCUT2D eigenvalue weighted by Crippen LogP contribution is -2.33. The van der Waals surface area contributed by atoms with Gasteiger partial charge >= 0.3 is 0 Å². The van der Waals surface area contributed by atoms with Crippen molar-refractivity contribution in [3.63, 3.8) is 0 Å². The van der Waals surface area contributed by atoms with Crippen molar-refractivity contribution in [2.45, 2.75) is 25.7 Å². The predicted molar refractivity (Wildman–Crippen MR) is 69.9 cm³/mol. The summed E-state index contributed by atoms with van der Waals surface area (Å²) < 4.78 is 12.7. The van der Waals surface area contributed by atoms with E-state index in [0.717, 1.165) is 13.1 Å². The predicted octanol–water partition coefficient (Wildman–Crippen LogP) is 2.64. The molecule has 4 heteroatoms. The molecule has 3 nitrogen and oxygen atoms in total. The molecule has 0 aromatic heterocycles. The van der Waals surface area contributed by atoms with Crippen LogP contribution in [0.15, 0.2) is 24.3 Å². The maximum Gasteiger partial charge on any atom is 0.238 e. The molecule has 0 spiro atoms. The van der Waals surface area contributed by atoms with Crippen LogP contribution in [0.4, 0.5) is 10.1 Å². The second-order valence-corrected chi connectivity index (χ2v) is 4.75. The van der Waals surface area contributed by atoms with Crippen molar-refractivity contribution in [2.24, 2.45) is 0 Å². The van der Waals surface area contributed by atoms with Gasteiger partial charge in [-0.05, 0) is 50.2 Å². The van der Waals surface area contributed by atoms with E-state index in [4.69, 9.17) is 0 Å². The van der Waals surface area contributed by atoms with E-state index in [1.807, 2.05) is 0 Å². The number of carbonyl (C=O) groups is 1. The Labute approximate surface area is 107 Å². The summed E-state index contributed by atoms with van der Waals surface area (Å²) in [5.41, 5.74) is 0.649. The zero-order valence-electron chi connectivity index (χ0n) is 10.5. The van der Waals surface area contributed by atoms with Gasteiger partial charge in [-0.15, -0.1) is 0 Å². The van der Waals surface area contributed by atoms with Crippen LogP contribution in [-0.2, 0) is 4.79 Å². The Bertz CT molecular complexity index is 383. The molecule has 1 aliphatic heterocycles. The molecule has 1 aromatic rings. The zero-order valence-corrected chi connectivity index (χ0v) is 10.5. The number of benzene rings is 1. The molecule has 0 atom stereocenters. The van der Waals surface area contributed by atoms with Crippen molar-refractivity contribution in [1.82, 2.24) is 4.90 Å². The third kappa shape index (κ3) is 4.11. The quantitative estimate of drug-likeness (QED) is 0.894. The minimum Gasteiger partial charge on any atom is -0.325 e. The van der Waals surface area contributed by atoms with Gasteiger partial charge in [0.2, 0.25) is 5.91 Å². The number of nitrogens with zero attached hydrogens (tertiary/aromatic N) is 1. The molecule has 0 radical (unpaired) electrons. The van der Waals surface area contributed by atoms with Crippen LogP contribution in [0, 0.1) is 5.82 Å². The number of rotatable bonds is 3. The van der Waals surface area contributed by atoms with Crippen molar-refractivity contribution < 1.29 is 9.18 Å². The van der Waals surface area contributed by atoms with Crippen LogP contribution in [0.5, 0.6) is 0 Å². The molecule has 18 heavy (non-hydrogen) atoms. The van der Waals surface area contributed by atoms with Gasteiger partial charge in [0.05, 0.1) is 6.54 Å². The van der Waals surface area contributed by atoms with Gasteiger partial charge in [0.1, 0.15) is 5.82 Å². The lowest BCUT2D eigenvalue weighted by Gasteiger charge is -2.18. The molecule has 1 heterocycles. The molecule has 1 fully saturated rings. The largest absolute Gasteiger partial charge is 0.325 e. The average molecular weight is 250 g/mol. The van der Waals surface area contributed by atoms with Crippen molar-refractivity contribution in [3.8, 4) is 0 Å². The summed E-state index contributed by atoms with van der Waals surface area (Å²) in [5, 5.41) is 2.79. The highest BCUT2D eigenvalue weighted by atomic mass is 19.1. The molecule has 2 rings (SSSR count). The summed E-state index contributed by atoms with van der Waals surface area (Å²) in [6.45, 7) is 2.42. The Kier molecular flexibility index (Phi) is 4.70. The van der Waals surface area contributed by atoms with Gasteiger partial charge in [-0.3, -0.25) is 9.69 Å². The summed E-state index contributed by atoms with van der Waals surface area (Å²) in [5.74, 6) is -0.316. The number of likely N-dealkylation sites (tertiary alicyclic amines) is 1. The topological polar surface area (TPSA) is 32.3 Å². The molecule has 1 saturated heterocycles. The average Bonchev–Trinajstić information content (AvgIpc) is 2.61. The maximum absolute atomic E-state index is 12.7. The van der Waals surface area contributed by atoms with Crippen molar-refractivity contribution >= 4 is 11.6 Å². The first kappa shape index (κ1) is 13.0. The van der Waals surface area contributed by atoms with Gasteiger partial charge in [0.25, 0.3) is 0 Å². The summed E-state index contributed by atoms with van der Waals surface area (Å²) in [7, 11) is 0. The summed E-state index contributed by atoms with van der Waals surface area (Å²) in [6, 6.07) is 5.86. The van der Waals surface area contributed by atoms with Crippen LogP contribution < -0.4 is 5.32 Å². The number of hydrogen-bond donors (Lipinski definition) is 1. The van der Waals surface area contributed by atoms with E-state index in [-0.39, 0.29) is 11.7 Å². The minimum absolute atomic E-state index is 0.0245. The highest BCUT2D eigenvalue weighted by molar-refractivity contribution is 5.92. The van der Waals surface area contributed by atoms with E-state index in [1.54, 1.807) is 12.1 Å². The third-order valence-corrected chi connectivity index (χ3v) is 3.19. The Balaban J connectivity index is 1.82. The van der Waals surface area contributed by atoms with Gasteiger partial charge in [0.15, 0.2) is 0 Å². The van der Waals surface area contributed by atoms with E-state index in [1.165, 1.54) is 37.8 Å². The third-order valence-electron chi connectivity index (χ3n) is 3.19.